The summed E-state index contributed by atoms with van der Waals surface area (Å²) in [5, 5.41) is 8.20. The average molecular weight is 163 g/mol. The van der Waals surface area contributed by atoms with E-state index in [1.807, 2.05) is 0 Å². The number of carbonyl (C=O) groups excluding carboxylic acids is 1. The molecule has 0 aliphatic heterocycles. The van der Waals surface area contributed by atoms with Gasteiger partial charge in [-0.3, -0.25) is 14.0 Å². The Morgan fingerprint density at radius 2 is 2.09 bits per heavy atom. The molecule has 0 bridgehead atoms. The van der Waals surface area contributed by atoms with E-state index in [-0.39, 0.29) is 6.54 Å². The van der Waals surface area contributed by atoms with Gasteiger partial charge in [-0.2, -0.15) is 0 Å². The number of alkyl halides is 1. The van der Waals surface area contributed by atoms with Gasteiger partial charge in [0.2, 0.25) is 0 Å². The highest BCUT2D eigenvalue weighted by Gasteiger charge is 2.19. The van der Waals surface area contributed by atoms with Crippen molar-refractivity contribution in [1.29, 1.82) is 0 Å². The second-order valence-electron chi connectivity index (χ2n) is 2.12. The smallest absolute Gasteiger partial charge is 0.304 e. The predicted octanol–water partition coefficient (Wildman–Crippen LogP) is -0.425. The van der Waals surface area contributed by atoms with Crippen molar-refractivity contribution < 1.29 is 19.1 Å². The zero-order valence-corrected chi connectivity index (χ0v) is 5.92. The molecule has 64 valence electrons. The van der Waals surface area contributed by atoms with E-state index in [2.05, 4.69) is 0 Å². The van der Waals surface area contributed by atoms with Crippen molar-refractivity contribution in [2.75, 3.05) is 13.2 Å². The van der Waals surface area contributed by atoms with Gasteiger partial charge < -0.3 is 10.8 Å². The summed E-state index contributed by atoms with van der Waals surface area (Å²) in [5.41, 5.74) is 4.92. The summed E-state index contributed by atoms with van der Waals surface area (Å²) in [7, 11) is 0. The van der Waals surface area contributed by atoms with E-state index in [0.717, 1.165) is 0 Å². The molecule has 1 atom stereocenters. The van der Waals surface area contributed by atoms with Crippen molar-refractivity contribution in [2.24, 2.45) is 11.7 Å². The Hall–Kier alpha value is -0.970. The third-order valence-corrected chi connectivity index (χ3v) is 1.26. The fourth-order valence-corrected chi connectivity index (χ4v) is 0.632. The first-order valence-corrected chi connectivity index (χ1v) is 3.12. The molecule has 0 aromatic heterocycles. The summed E-state index contributed by atoms with van der Waals surface area (Å²) >= 11 is 0. The summed E-state index contributed by atoms with van der Waals surface area (Å²) in [5.74, 6) is -2.80. The Morgan fingerprint density at radius 3 is 2.36 bits per heavy atom. The quantitative estimate of drug-likeness (QED) is 0.576. The molecule has 0 rings (SSSR count). The van der Waals surface area contributed by atoms with Crippen LogP contribution >= 0.6 is 0 Å². The van der Waals surface area contributed by atoms with E-state index in [0.29, 0.717) is 0 Å². The van der Waals surface area contributed by atoms with Crippen molar-refractivity contribution in [3.8, 4) is 0 Å². The van der Waals surface area contributed by atoms with E-state index < -0.39 is 30.8 Å². The molecule has 3 N–H and O–H groups in total. The lowest BCUT2D eigenvalue weighted by atomic mass is 10.0. The van der Waals surface area contributed by atoms with Crippen LogP contribution in [0.25, 0.3) is 0 Å². The van der Waals surface area contributed by atoms with Gasteiger partial charge >= 0.3 is 5.97 Å². The molecule has 0 radical (unpaired) electrons. The largest absolute Gasteiger partial charge is 0.481 e. The number of carboxylic acid groups (broad SMARTS) is 1. The van der Waals surface area contributed by atoms with Crippen LogP contribution in [0.5, 0.6) is 0 Å². The average Bonchev–Trinajstić information content (AvgIpc) is 1.98. The first-order chi connectivity index (χ1) is 5.11. The fourth-order valence-electron chi connectivity index (χ4n) is 0.632. The number of hydrogen-bond donors (Lipinski definition) is 2. The minimum absolute atomic E-state index is 0.304. The maximum absolute atomic E-state index is 11.9. The van der Waals surface area contributed by atoms with E-state index in [9.17, 15) is 14.0 Å². The number of carboxylic acids is 1. The second-order valence-corrected chi connectivity index (χ2v) is 2.12. The number of hydrogen-bond acceptors (Lipinski definition) is 3. The van der Waals surface area contributed by atoms with Gasteiger partial charge in [0, 0.05) is 0 Å². The molecular formula is C6H10FNO3. The Labute approximate surface area is 63.2 Å². The molecule has 5 heteroatoms. The molecular weight excluding hydrogens is 153 g/mol. The molecule has 11 heavy (non-hydrogen) atoms. The Kier molecular flexibility index (Phi) is 4.36. The lowest BCUT2D eigenvalue weighted by Crippen LogP contribution is -2.26. The van der Waals surface area contributed by atoms with Crippen molar-refractivity contribution in [3.05, 3.63) is 0 Å². The molecule has 0 aliphatic carbocycles. The lowest BCUT2D eigenvalue weighted by Gasteiger charge is -2.05. The number of aliphatic carboxylic acids is 1. The van der Waals surface area contributed by atoms with Crippen molar-refractivity contribution >= 4 is 11.8 Å². The zero-order chi connectivity index (χ0) is 8.85. The minimum Gasteiger partial charge on any atom is -0.481 e. The van der Waals surface area contributed by atoms with Gasteiger partial charge in [0.15, 0.2) is 5.78 Å². The van der Waals surface area contributed by atoms with Crippen LogP contribution in [0.15, 0.2) is 0 Å². The predicted molar refractivity (Wildman–Crippen MR) is 35.8 cm³/mol. The van der Waals surface area contributed by atoms with Crippen LogP contribution in [0, 0.1) is 5.92 Å². The lowest BCUT2D eigenvalue weighted by molar-refractivity contribution is -0.140. The third-order valence-electron chi connectivity index (χ3n) is 1.26. The van der Waals surface area contributed by atoms with Crippen LogP contribution < -0.4 is 5.73 Å². The number of carbonyl (C=O) groups is 2. The Bertz CT molecular complexity index is 160. The standard InChI is InChI=1S/C6H10FNO3/c7-2-4(1-6(10)11)5(9)3-8/h4H,1-3,8H2,(H,10,11). The Morgan fingerprint density at radius 1 is 1.55 bits per heavy atom. The highest BCUT2D eigenvalue weighted by atomic mass is 19.1. The second kappa shape index (κ2) is 4.79. The topological polar surface area (TPSA) is 80.4 Å². The molecule has 0 fully saturated rings. The fraction of sp³-hybridized carbons (Fsp3) is 0.667. The number of nitrogens with two attached hydrogens (primary N) is 1. The van der Waals surface area contributed by atoms with Gasteiger partial charge in [-0.25, -0.2) is 0 Å². The van der Waals surface area contributed by atoms with Crippen LogP contribution in [0.4, 0.5) is 4.39 Å². The van der Waals surface area contributed by atoms with Crippen LogP contribution in [0.2, 0.25) is 0 Å². The zero-order valence-electron chi connectivity index (χ0n) is 5.92. The summed E-state index contributed by atoms with van der Waals surface area (Å²) in [4.78, 5) is 20.7. The van der Waals surface area contributed by atoms with Gasteiger partial charge in [-0.15, -0.1) is 0 Å². The Balaban J connectivity index is 3.94. The van der Waals surface area contributed by atoms with Crippen LogP contribution in [0.3, 0.4) is 0 Å². The van der Waals surface area contributed by atoms with Crippen LogP contribution in [0.1, 0.15) is 6.42 Å². The maximum Gasteiger partial charge on any atom is 0.304 e. The van der Waals surface area contributed by atoms with Gasteiger partial charge in [0.25, 0.3) is 0 Å². The SMILES string of the molecule is NCC(=O)C(CF)CC(=O)O. The third kappa shape index (κ3) is 3.67. The van der Waals surface area contributed by atoms with Crippen molar-refractivity contribution in [3.63, 3.8) is 0 Å². The monoisotopic (exact) mass is 163 g/mol. The highest BCUT2D eigenvalue weighted by molar-refractivity contribution is 5.86. The molecule has 0 saturated carbocycles. The first kappa shape index (κ1) is 10.0. The van der Waals surface area contributed by atoms with Gasteiger partial charge in [-0.05, 0) is 0 Å². The minimum atomic E-state index is -1.19. The molecule has 0 amide bonds. The summed E-state index contributed by atoms with van der Waals surface area (Å²) in [6.07, 6.45) is -0.480. The van der Waals surface area contributed by atoms with Crippen molar-refractivity contribution in [1.82, 2.24) is 0 Å². The van der Waals surface area contributed by atoms with E-state index in [4.69, 9.17) is 10.8 Å². The van der Waals surface area contributed by atoms with Gasteiger partial charge in [-0.1, -0.05) is 0 Å². The summed E-state index contributed by atoms with van der Waals surface area (Å²) in [6.45, 7) is -1.26. The number of ketones is 1. The van der Waals surface area contributed by atoms with E-state index >= 15 is 0 Å². The van der Waals surface area contributed by atoms with Crippen LogP contribution in [-0.2, 0) is 9.59 Å². The van der Waals surface area contributed by atoms with Gasteiger partial charge in [0.1, 0.15) is 0 Å². The molecule has 0 aromatic rings. The van der Waals surface area contributed by atoms with Crippen LogP contribution in [-0.4, -0.2) is 30.1 Å². The van der Waals surface area contributed by atoms with Gasteiger partial charge in [0.05, 0.1) is 25.6 Å². The summed E-state index contributed by atoms with van der Waals surface area (Å²) < 4.78 is 11.9. The molecule has 0 spiro atoms. The molecule has 0 aromatic carbocycles. The normalized spacial score (nSPS) is 12.5. The molecule has 0 saturated heterocycles. The number of Topliss-reactive ketones (excluding diaryl/α,β-unsaturated/α-hetero) is 1. The maximum atomic E-state index is 11.9. The summed E-state index contributed by atoms with van der Waals surface area (Å²) in [6, 6.07) is 0. The molecule has 0 aliphatic rings. The first-order valence-electron chi connectivity index (χ1n) is 3.12. The van der Waals surface area contributed by atoms with Crippen molar-refractivity contribution in [2.45, 2.75) is 6.42 Å². The highest BCUT2D eigenvalue weighted by Crippen LogP contribution is 2.04. The van der Waals surface area contributed by atoms with E-state index in [1.54, 1.807) is 0 Å². The number of rotatable bonds is 5. The number of halogens is 1. The molecule has 4 nitrogen and oxygen atoms in total. The molecule has 0 heterocycles. The molecule has 1 unspecified atom stereocenters. The van der Waals surface area contributed by atoms with E-state index in [1.165, 1.54) is 0 Å².